The third-order valence-corrected chi connectivity index (χ3v) is 3.71. The van der Waals surface area contributed by atoms with E-state index in [1.54, 1.807) is 7.11 Å². The Bertz CT molecular complexity index is 326. The van der Waals surface area contributed by atoms with Crippen molar-refractivity contribution in [2.75, 3.05) is 27.3 Å². The number of hydrogen-bond acceptors (Lipinski definition) is 2. The zero-order valence-electron chi connectivity index (χ0n) is 11.6. The Kier molecular flexibility index (Phi) is 7.33. The van der Waals surface area contributed by atoms with Gasteiger partial charge in [0.15, 0.2) is 0 Å². The lowest BCUT2D eigenvalue weighted by Crippen LogP contribution is -2.27. The maximum Gasteiger partial charge on any atom is 0.0464 e. The normalized spacial score (nSPS) is 14.4. The lowest BCUT2D eigenvalue weighted by Gasteiger charge is -2.24. The molecule has 0 amide bonds. The van der Waals surface area contributed by atoms with Crippen LogP contribution in [0.5, 0.6) is 0 Å². The number of hydrogen-bond donors (Lipinski definition) is 1. The minimum Gasteiger partial charge on any atom is -0.385 e. The summed E-state index contributed by atoms with van der Waals surface area (Å²) in [6.07, 6.45) is 2.19. The highest BCUT2D eigenvalue weighted by atomic mass is 35.5. The van der Waals surface area contributed by atoms with Crippen molar-refractivity contribution in [3.63, 3.8) is 0 Å². The molecule has 0 bridgehead atoms. The molecule has 0 radical (unpaired) electrons. The molecule has 0 fully saturated rings. The second kappa shape index (κ2) is 8.52. The lowest BCUT2D eigenvalue weighted by molar-refractivity contribution is 0.164. The number of methoxy groups -OCH3 is 1. The summed E-state index contributed by atoms with van der Waals surface area (Å²) in [6, 6.07) is 8.17. The van der Waals surface area contributed by atoms with E-state index < -0.39 is 0 Å². The zero-order valence-corrected chi connectivity index (χ0v) is 12.3. The lowest BCUT2D eigenvalue weighted by atomic mass is 9.86. The van der Waals surface area contributed by atoms with Crippen LogP contribution in [0.4, 0.5) is 0 Å². The highest BCUT2D eigenvalue weighted by Gasteiger charge is 2.17. The molecular formula is C15H24ClNO. The number of halogens is 1. The molecule has 2 atom stereocenters. The Morgan fingerprint density at radius 1 is 1.28 bits per heavy atom. The first-order valence-electron chi connectivity index (χ1n) is 6.55. The van der Waals surface area contributed by atoms with Gasteiger partial charge in [0.2, 0.25) is 0 Å². The monoisotopic (exact) mass is 269 g/mol. The molecule has 1 N–H and O–H groups in total. The number of benzene rings is 1. The van der Waals surface area contributed by atoms with Gasteiger partial charge in [0, 0.05) is 18.7 Å². The Hall–Kier alpha value is -0.570. The zero-order chi connectivity index (χ0) is 13.4. The summed E-state index contributed by atoms with van der Waals surface area (Å²) in [7, 11) is 3.77. The van der Waals surface area contributed by atoms with Gasteiger partial charge in [0.1, 0.15) is 0 Å². The van der Waals surface area contributed by atoms with E-state index in [4.69, 9.17) is 16.3 Å². The van der Waals surface area contributed by atoms with Gasteiger partial charge in [-0.05, 0) is 56.0 Å². The summed E-state index contributed by atoms with van der Waals surface area (Å²) in [4.78, 5) is 0. The standard InChI is InChI=1S/C15H24ClNO/c1-12(8-9-18-3)14(11-17-2)10-13-4-6-15(16)7-5-13/h4-7,12,14,17H,8-11H2,1-3H3. The van der Waals surface area contributed by atoms with Crippen molar-refractivity contribution >= 4 is 11.6 Å². The molecule has 1 aromatic rings. The SMILES string of the molecule is CNCC(Cc1ccc(Cl)cc1)C(C)CCOC. The number of ether oxygens (including phenoxy) is 1. The van der Waals surface area contributed by atoms with Crippen molar-refractivity contribution < 1.29 is 4.74 Å². The number of rotatable bonds is 8. The van der Waals surface area contributed by atoms with Crippen LogP contribution >= 0.6 is 11.6 Å². The molecule has 3 heteroatoms. The topological polar surface area (TPSA) is 21.3 Å². The van der Waals surface area contributed by atoms with Crippen LogP contribution in [0.25, 0.3) is 0 Å². The van der Waals surface area contributed by atoms with Crippen LogP contribution in [-0.4, -0.2) is 27.3 Å². The average molecular weight is 270 g/mol. The maximum absolute atomic E-state index is 5.91. The molecule has 102 valence electrons. The molecule has 2 nitrogen and oxygen atoms in total. The van der Waals surface area contributed by atoms with Gasteiger partial charge < -0.3 is 10.1 Å². The van der Waals surface area contributed by atoms with Gasteiger partial charge in [0.25, 0.3) is 0 Å². The molecule has 0 aliphatic carbocycles. The van der Waals surface area contributed by atoms with Crippen LogP contribution in [0.3, 0.4) is 0 Å². The highest BCUT2D eigenvalue weighted by molar-refractivity contribution is 6.30. The van der Waals surface area contributed by atoms with Crippen LogP contribution in [-0.2, 0) is 11.2 Å². The van der Waals surface area contributed by atoms with E-state index in [2.05, 4.69) is 24.4 Å². The molecule has 1 rings (SSSR count). The van der Waals surface area contributed by atoms with Gasteiger partial charge in [-0.1, -0.05) is 30.7 Å². The second-order valence-corrected chi connectivity index (χ2v) is 5.34. The third kappa shape index (κ3) is 5.38. The number of nitrogens with one attached hydrogen (secondary N) is 1. The van der Waals surface area contributed by atoms with Crippen molar-refractivity contribution in [3.8, 4) is 0 Å². The minimum atomic E-state index is 0.631. The molecule has 0 spiro atoms. The summed E-state index contributed by atoms with van der Waals surface area (Å²) in [6.45, 7) is 4.17. The first kappa shape index (κ1) is 15.5. The van der Waals surface area contributed by atoms with E-state index in [1.165, 1.54) is 5.56 Å². The average Bonchev–Trinajstić information content (AvgIpc) is 2.38. The van der Waals surface area contributed by atoms with Gasteiger partial charge in [0.05, 0.1) is 0 Å². The predicted molar refractivity (Wildman–Crippen MR) is 78.2 cm³/mol. The van der Waals surface area contributed by atoms with Crippen LogP contribution in [0.2, 0.25) is 5.02 Å². The van der Waals surface area contributed by atoms with Crippen molar-refractivity contribution in [2.24, 2.45) is 11.8 Å². The summed E-state index contributed by atoms with van der Waals surface area (Å²) >= 11 is 5.91. The molecule has 0 aliphatic rings. The molecule has 1 aromatic carbocycles. The van der Waals surface area contributed by atoms with Gasteiger partial charge in [-0.15, -0.1) is 0 Å². The molecular weight excluding hydrogens is 246 g/mol. The van der Waals surface area contributed by atoms with E-state index in [0.29, 0.717) is 11.8 Å². The van der Waals surface area contributed by atoms with Crippen molar-refractivity contribution in [3.05, 3.63) is 34.9 Å². The van der Waals surface area contributed by atoms with Crippen molar-refractivity contribution in [2.45, 2.75) is 19.8 Å². The van der Waals surface area contributed by atoms with Crippen molar-refractivity contribution in [1.29, 1.82) is 0 Å². The minimum absolute atomic E-state index is 0.631. The fourth-order valence-electron chi connectivity index (χ4n) is 2.20. The first-order chi connectivity index (χ1) is 8.67. The first-order valence-corrected chi connectivity index (χ1v) is 6.93. The predicted octanol–water partition coefficient (Wildman–Crippen LogP) is 3.39. The third-order valence-electron chi connectivity index (χ3n) is 3.46. The van der Waals surface area contributed by atoms with E-state index in [-0.39, 0.29) is 0 Å². The fourth-order valence-corrected chi connectivity index (χ4v) is 2.33. The fraction of sp³-hybridized carbons (Fsp3) is 0.600. The van der Waals surface area contributed by atoms with Crippen LogP contribution in [0, 0.1) is 11.8 Å². The quantitative estimate of drug-likeness (QED) is 0.781. The molecule has 0 aliphatic heterocycles. The molecule has 18 heavy (non-hydrogen) atoms. The summed E-state index contributed by atoms with van der Waals surface area (Å²) in [5, 5.41) is 4.09. The molecule has 0 saturated carbocycles. The smallest absolute Gasteiger partial charge is 0.0464 e. The van der Waals surface area contributed by atoms with Crippen LogP contribution < -0.4 is 5.32 Å². The summed E-state index contributed by atoms with van der Waals surface area (Å²) in [5.41, 5.74) is 1.35. The van der Waals surface area contributed by atoms with Gasteiger partial charge in [-0.2, -0.15) is 0 Å². The summed E-state index contributed by atoms with van der Waals surface area (Å²) < 4.78 is 5.17. The van der Waals surface area contributed by atoms with Crippen LogP contribution in [0.15, 0.2) is 24.3 Å². The highest BCUT2D eigenvalue weighted by Crippen LogP contribution is 2.21. The van der Waals surface area contributed by atoms with Gasteiger partial charge in [-0.3, -0.25) is 0 Å². The van der Waals surface area contributed by atoms with E-state index in [0.717, 1.165) is 31.0 Å². The van der Waals surface area contributed by atoms with Gasteiger partial charge >= 0.3 is 0 Å². The largest absolute Gasteiger partial charge is 0.385 e. The Balaban J connectivity index is 2.58. The molecule has 2 unspecified atom stereocenters. The Morgan fingerprint density at radius 3 is 2.50 bits per heavy atom. The van der Waals surface area contributed by atoms with E-state index >= 15 is 0 Å². The molecule has 0 heterocycles. The summed E-state index contributed by atoms with van der Waals surface area (Å²) in [5.74, 6) is 1.28. The van der Waals surface area contributed by atoms with Crippen molar-refractivity contribution in [1.82, 2.24) is 5.32 Å². The van der Waals surface area contributed by atoms with E-state index in [1.807, 2.05) is 19.2 Å². The molecule has 0 saturated heterocycles. The van der Waals surface area contributed by atoms with E-state index in [9.17, 15) is 0 Å². The van der Waals surface area contributed by atoms with Crippen LogP contribution in [0.1, 0.15) is 18.9 Å². The second-order valence-electron chi connectivity index (χ2n) is 4.91. The Morgan fingerprint density at radius 2 is 1.94 bits per heavy atom. The maximum atomic E-state index is 5.91. The van der Waals surface area contributed by atoms with Gasteiger partial charge in [-0.25, -0.2) is 0 Å². The Labute approximate surface area is 116 Å². The molecule has 0 aromatic heterocycles.